The molecule has 2 heterocycles. The zero-order valence-electron chi connectivity index (χ0n) is 12.7. The van der Waals surface area contributed by atoms with Gasteiger partial charge in [0.25, 0.3) is 0 Å². The van der Waals surface area contributed by atoms with Crippen LogP contribution in [0.1, 0.15) is 5.69 Å². The Morgan fingerprint density at radius 2 is 2.22 bits per heavy atom. The number of nitrogens with zero attached hydrogens (tertiary/aromatic N) is 2. The lowest BCUT2D eigenvalue weighted by atomic mass is 10.2. The summed E-state index contributed by atoms with van der Waals surface area (Å²) in [6.45, 7) is 2.26. The molecule has 7 heteroatoms. The van der Waals surface area contributed by atoms with Crippen molar-refractivity contribution in [3.8, 4) is 5.69 Å². The lowest BCUT2D eigenvalue weighted by molar-refractivity contribution is -0.125. The molecule has 1 aliphatic rings. The van der Waals surface area contributed by atoms with Gasteiger partial charge >= 0.3 is 0 Å². The second-order valence-corrected chi connectivity index (χ2v) is 5.35. The van der Waals surface area contributed by atoms with Gasteiger partial charge < -0.3 is 15.4 Å². The number of nitrogens with one attached hydrogen (secondary N) is 2. The number of hydrogen-bond donors (Lipinski definition) is 2. The molecule has 1 saturated heterocycles. The molecule has 2 N–H and O–H groups in total. The molecule has 0 bridgehead atoms. The average Bonchev–Trinajstić information content (AvgIpc) is 3.05. The second-order valence-electron chi connectivity index (χ2n) is 5.35. The lowest BCUT2D eigenvalue weighted by Crippen LogP contribution is -2.51. The summed E-state index contributed by atoms with van der Waals surface area (Å²) in [6, 6.07) is 7.75. The lowest BCUT2D eigenvalue weighted by Gasteiger charge is -2.22. The quantitative estimate of drug-likeness (QED) is 0.850. The maximum absolute atomic E-state index is 12.9. The van der Waals surface area contributed by atoms with Gasteiger partial charge in [-0.2, -0.15) is 5.10 Å². The molecule has 1 atom stereocenters. The van der Waals surface area contributed by atoms with Crippen molar-refractivity contribution in [2.75, 3.05) is 26.3 Å². The third-order valence-corrected chi connectivity index (χ3v) is 3.65. The van der Waals surface area contributed by atoms with Crippen molar-refractivity contribution in [3.05, 3.63) is 48.0 Å². The van der Waals surface area contributed by atoms with E-state index in [1.807, 2.05) is 12.3 Å². The zero-order valence-corrected chi connectivity index (χ0v) is 12.7. The van der Waals surface area contributed by atoms with E-state index in [1.165, 1.54) is 12.1 Å². The Bertz CT molecular complexity index is 650. The van der Waals surface area contributed by atoms with Gasteiger partial charge in [0.2, 0.25) is 5.91 Å². The number of carbonyl (C=O) groups excluding carboxylic acids is 1. The van der Waals surface area contributed by atoms with E-state index in [2.05, 4.69) is 15.7 Å². The molecule has 1 amide bonds. The minimum Gasteiger partial charge on any atom is -0.378 e. The van der Waals surface area contributed by atoms with E-state index in [-0.39, 0.29) is 17.8 Å². The molecule has 0 aliphatic carbocycles. The Morgan fingerprint density at radius 1 is 1.39 bits per heavy atom. The predicted molar refractivity (Wildman–Crippen MR) is 82.8 cm³/mol. The summed E-state index contributed by atoms with van der Waals surface area (Å²) in [5.41, 5.74) is 1.66. The first-order valence-electron chi connectivity index (χ1n) is 7.62. The van der Waals surface area contributed by atoms with Crippen LogP contribution in [0.4, 0.5) is 4.39 Å². The van der Waals surface area contributed by atoms with Gasteiger partial charge in [0.15, 0.2) is 0 Å². The topological polar surface area (TPSA) is 68.2 Å². The largest absolute Gasteiger partial charge is 0.378 e. The Hall–Kier alpha value is -2.25. The zero-order chi connectivity index (χ0) is 16.1. The molecular formula is C16H19FN4O2. The Labute approximate surface area is 133 Å². The summed E-state index contributed by atoms with van der Waals surface area (Å²) < 4.78 is 19.9. The summed E-state index contributed by atoms with van der Waals surface area (Å²) in [4.78, 5) is 11.9. The Morgan fingerprint density at radius 3 is 2.96 bits per heavy atom. The summed E-state index contributed by atoms with van der Waals surface area (Å²) in [5.74, 6) is -0.327. The maximum Gasteiger partial charge on any atom is 0.239 e. The first-order chi connectivity index (χ1) is 11.2. The molecule has 122 valence electrons. The molecular weight excluding hydrogens is 299 g/mol. The van der Waals surface area contributed by atoms with Crippen LogP contribution in [0.3, 0.4) is 0 Å². The van der Waals surface area contributed by atoms with Crippen molar-refractivity contribution < 1.29 is 13.9 Å². The molecule has 6 nitrogen and oxygen atoms in total. The average molecular weight is 318 g/mol. The van der Waals surface area contributed by atoms with Crippen LogP contribution in [0, 0.1) is 5.82 Å². The molecule has 1 aliphatic heterocycles. The summed E-state index contributed by atoms with van der Waals surface area (Å²) in [7, 11) is 0. The van der Waals surface area contributed by atoms with Gasteiger partial charge in [-0.25, -0.2) is 9.07 Å². The van der Waals surface area contributed by atoms with Crippen LogP contribution in [0.5, 0.6) is 0 Å². The van der Waals surface area contributed by atoms with Gasteiger partial charge in [0.05, 0.1) is 24.6 Å². The normalized spacial score (nSPS) is 17.9. The van der Waals surface area contributed by atoms with E-state index in [9.17, 15) is 9.18 Å². The number of aromatic nitrogens is 2. The Balaban J connectivity index is 1.49. The van der Waals surface area contributed by atoms with E-state index >= 15 is 0 Å². The third kappa shape index (κ3) is 4.14. The summed E-state index contributed by atoms with van der Waals surface area (Å²) >= 11 is 0. The van der Waals surface area contributed by atoms with Crippen molar-refractivity contribution in [1.29, 1.82) is 0 Å². The number of ether oxygens (including phenoxy) is 1. The van der Waals surface area contributed by atoms with Crippen molar-refractivity contribution in [1.82, 2.24) is 20.4 Å². The number of hydrogen-bond acceptors (Lipinski definition) is 4. The number of carbonyl (C=O) groups is 1. The van der Waals surface area contributed by atoms with E-state index in [0.717, 1.165) is 11.4 Å². The van der Waals surface area contributed by atoms with Gasteiger partial charge in [-0.05, 0) is 30.3 Å². The number of morpholine rings is 1. The summed E-state index contributed by atoms with van der Waals surface area (Å²) in [6.07, 6.45) is 2.45. The van der Waals surface area contributed by atoms with Crippen molar-refractivity contribution in [2.45, 2.75) is 12.5 Å². The maximum atomic E-state index is 12.9. The van der Waals surface area contributed by atoms with Crippen LogP contribution in [0.25, 0.3) is 5.69 Å². The minimum absolute atomic E-state index is 0.0531. The van der Waals surface area contributed by atoms with Crippen LogP contribution in [-0.4, -0.2) is 48.0 Å². The van der Waals surface area contributed by atoms with E-state index < -0.39 is 0 Å². The Kier molecular flexibility index (Phi) is 4.99. The number of halogens is 1. The van der Waals surface area contributed by atoms with Gasteiger partial charge in [-0.1, -0.05) is 0 Å². The highest BCUT2D eigenvalue weighted by atomic mass is 19.1. The molecule has 23 heavy (non-hydrogen) atoms. The monoisotopic (exact) mass is 318 g/mol. The minimum atomic E-state index is -0.277. The standard InChI is InChI=1S/C16H19FN4O2/c17-12-1-3-14(4-2-12)21-9-6-13(20-21)5-7-19-16(22)15-11-23-10-8-18-15/h1-4,6,9,15,18H,5,7-8,10-11H2,(H,19,22). The number of benzene rings is 1. The van der Waals surface area contributed by atoms with Crippen LogP contribution in [0.15, 0.2) is 36.5 Å². The van der Waals surface area contributed by atoms with E-state index in [4.69, 9.17) is 4.74 Å². The first-order valence-corrected chi connectivity index (χ1v) is 7.62. The van der Waals surface area contributed by atoms with Gasteiger partial charge in [-0.15, -0.1) is 0 Å². The highest BCUT2D eigenvalue weighted by molar-refractivity contribution is 5.81. The van der Waals surface area contributed by atoms with Gasteiger partial charge in [0.1, 0.15) is 11.9 Å². The fourth-order valence-corrected chi connectivity index (χ4v) is 2.40. The molecule has 0 radical (unpaired) electrons. The molecule has 0 spiro atoms. The van der Waals surface area contributed by atoms with E-state index in [0.29, 0.717) is 32.7 Å². The van der Waals surface area contributed by atoms with Gasteiger partial charge in [0, 0.05) is 25.7 Å². The smallest absolute Gasteiger partial charge is 0.239 e. The highest BCUT2D eigenvalue weighted by Gasteiger charge is 2.20. The molecule has 1 unspecified atom stereocenters. The van der Waals surface area contributed by atoms with Crippen LogP contribution in [0.2, 0.25) is 0 Å². The SMILES string of the molecule is O=C(NCCc1ccn(-c2ccc(F)cc2)n1)C1COCCN1. The van der Waals surface area contributed by atoms with Crippen molar-refractivity contribution in [3.63, 3.8) is 0 Å². The van der Waals surface area contributed by atoms with Crippen LogP contribution >= 0.6 is 0 Å². The fourth-order valence-electron chi connectivity index (χ4n) is 2.40. The predicted octanol–water partition coefficient (Wildman–Crippen LogP) is 0.658. The third-order valence-electron chi connectivity index (χ3n) is 3.65. The second kappa shape index (κ2) is 7.34. The van der Waals surface area contributed by atoms with E-state index in [1.54, 1.807) is 16.8 Å². The summed E-state index contributed by atoms with van der Waals surface area (Å²) in [5, 5.41) is 10.4. The fraction of sp³-hybridized carbons (Fsp3) is 0.375. The van der Waals surface area contributed by atoms with Gasteiger partial charge in [-0.3, -0.25) is 4.79 Å². The molecule has 1 aromatic carbocycles. The molecule has 0 saturated carbocycles. The highest BCUT2D eigenvalue weighted by Crippen LogP contribution is 2.09. The number of rotatable bonds is 5. The van der Waals surface area contributed by atoms with Crippen LogP contribution < -0.4 is 10.6 Å². The molecule has 1 fully saturated rings. The van der Waals surface area contributed by atoms with Crippen LogP contribution in [-0.2, 0) is 16.0 Å². The first kappa shape index (κ1) is 15.6. The molecule has 2 aromatic rings. The number of amides is 1. The van der Waals surface area contributed by atoms with Crippen molar-refractivity contribution in [2.24, 2.45) is 0 Å². The molecule has 3 rings (SSSR count). The molecule has 1 aromatic heterocycles. The van der Waals surface area contributed by atoms with Crippen molar-refractivity contribution >= 4 is 5.91 Å².